The molecule has 0 aromatic carbocycles. The van der Waals surface area contributed by atoms with Crippen LogP contribution in [0.15, 0.2) is 24.3 Å². The molecule has 0 unspecified atom stereocenters. The summed E-state index contributed by atoms with van der Waals surface area (Å²) in [4.78, 5) is 0. The zero-order valence-electron chi connectivity index (χ0n) is 6.76. The Kier molecular flexibility index (Phi) is 2.47. The molecule has 0 aliphatic carbocycles. The van der Waals surface area contributed by atoms with Crippen molar-refractivity contribution in [3.8, 4) is 0 Å². The molecule has 64 valence electrons. The molecule has 0 amide bonds. The molecule has 5 nitrogen and oxygen atoms in total. The lowest BCUT2D eigenvalue weighted by molar-refractivity contribution is 1.09. The summed E-state index contributed by atoms with van der Waals surface area (Å²) in [5, 5.41) is 16.4. The van der Waals surface area contributed by atoms with Gasteiger partial charge in [-0.2, -0.15) is 5.10 Å². The molecule has 0 atom stereocenters. The van der Waals surface area contributed by atoms with Crippen molar-refractivity contribution in [2.45, 2.75) is 6.92 Å². The molecule has 0 spiro atoms. The van der Waals surface area contributed by atoms with Crippen molar-refractivity contribution in [1.82, 2.24) is 10.2 Å². The summed E-state index contributed by atoms with van der Waals surface area (Å²) in [5.74, 6) is 0.434. The molecular weight excluding hydrogens is 154 g/mol. The van der Waals surface area contributed by atoms with Gasteiger partial charge < -0.3 is 16.5 Å². The first kappa shape index (κ1) is 8.32. The van der Waals surface area contributed by atoms with Gasteiger partial charge in [-0.15, -0.1) is 0 Å². The van der Waals surface area contributed by atoms with Crippen molar-refractivity contribution < 1.29 is 0 Å². The lowest BCUT2D eigenvalue weighted by Crippen LogP contribution is -2.09. The minimum absolute atomic E-state index is 0.406. The second-order valence-corrected chi connectivity index (χ2v) is 2.39. The molecule has 0 bridgehead atoms. The van der Waals surface area contributed by atoms with E-state index in [1.165, 1.54) is 6.08 Å². The Morgan fingerprint density at radius 2 is 2.58 bits per heavy atom. The quantitative estimate of drug-likeness (QED) is 0.496. The van der Waals surface area contributed by atoms with Crippen molar-refractivity contribution in [2.75, 3.05) is 5.32 Å². The van der Waals surface area contributed by atoms with E-state index in [1.54, 1.807) is 19.3 Å². The Labute approximate surface area is 70.2 Å². The molecule has 0 saturated carbocycles. The Morgan fingerprint density at radius 1 is 1.83 bits per heavy atom. The number of nitrogens with one attached hydrogen (secondary N) is 3. The van der Waals surface area contributed by atoms with Gasteiger partial charge in [-0.1, -0.05) is 0 Å². The van der Waals surface area contributed by atoms with E-state index in [4.69, 9.17) is 11.1 Å². The third kappa shape index (κ3) is 2.45. The van der Waals surface area contributed by atoms with Crippen LogP contribution >= 0.6 is 0 Å². The lowest BCUT2D eigenvalue weighted by atomic mass is 10.4. The highest BCUT2D eigenvalue weighted by atomic mass is 15.1. The van der Waals surface area contributed by atoms with Crippen molar-refractivity contribution in [3.05, 3.63) is 24.3 Å². The van der Waals surface area contributed by atoms with Gasteiger partial charge in [0.1, 0.15) is 5.82 Å². The van der Waals surface area contributed by atoms with Crippen LogP contribution in [0.25, 0.3) is 0 Å². The number of H-pyrrole nitrogens is 1. The Bertz CT molecular complexity index is 285. The number of hydrogen-bond donors (Lipinski definition) is 4. The van der Waals surface area contributed by atoms with Crippen LogP contribution in [0.5, 0.6) is 0 Å². The topological polar surface area (TPSA) is 90.6 Å². The number of aromatic amines is 1. The van der Waals surface area contributed by atoms with Gasteiger partial charge in [0.25, 0.3) is 0 Å². The number of aromatic nitrogens is 2. The van der Waals surface area contributed by atoms with Crippen molar-refractivity contribution >= 4 is 11.4 Å². The van der Waals surface area contributed by atoms with Gasteiger partial charge in [-0.05, 0) is 13.0 Å². The summed E-state index contributed by atoms with van der Waals surface area (Å²) in [6, 6.07) is 0. The number of nitrogens with zero attached hydrogens (tertiary/aromatic N) is 1. The first-order valence-electron chi connectivity index (χ1n) is 3.46. The van der Waals surface area contributed by atoms with Crippen LogP contribution < -0.4 is 11.1 Å². The monoisotopic (exact) mass is 165 g/mol. The molecule has 5 N–H and O–H groups in total. The summed E-state index contributed by atoms with van der Waals surface area (Å²) in [7, 11) is 0. The first-order valence-corrected chi connectivity index (χ1v) is 3.46. The lowest BCUT2D eigenvalue weighted by Gasteiger charge is -2.01. The second kappa shape index (κ2) is 3.56. The fraction of sp³-hybridized carbons (Fsp3) is 0.143. The average Bonchev–Trinajstić information content (AvgIpc) is 2.37. The van der Waals surface area contributed by atoms with Crippen LogP contribution in [0.3, 0.4) is 0 Å². The van der Waals surface area contributed by atoms with E-state index in [0.717, 1.165) is 5.69 Å². The number of nitrogens with two attached hydrogens (primary N) is 1. The highest BCUT2D eigenvalue weighted by molar-refractivity contribution is 5.90. The van der Waals surface area contributed by atoms with E-state index in [2.05, 4.69) is 15.5 Å². The van der Waals surface area contributed by atoms with Gasteiger partial charge in [0.15, 0.2) is 0 Å². The Morgan fingerprint density at radius 3 is 3.08 bits per heavy atom. The van der Waals surface area contributed by atoms with Crippen molar-refractivity contribution in [1.29, 1.82) is 5.41 Å². The maximum atomic E-state index is 7.13. The highest BCUT2D eigenvalue weighted by Crippen LogP contribution is 2.02. The van der Waals surface area contributed by atoms with E-state index in [-0.39, 0.29) is 0 Å². The molecule has 1 aromatic rings. The van der Waals surface area contributed by atoms with E-state index >= 15 is 0 Å². The SMILES string of the molecule is CC(=N)/C=C(/N)Nc1cn[nH]c1. The maximum Gasteiger partial charge on any atom is 0.102 e. The van der Waals surface area contributed by atoms with Crippen molar-refractivity contribution in [2.24, 2.45) is 5.73 Å². The Balaban J connectivity index is 2.58. The summed E-state index contributed by atoms with van der Waals surface area (Å²) in [6.45, 7) is 1.66. The van der Waals surface area contributed by atoms with Gasteiger partial charge in [0.05, 0.1) is 11.9 Å². The number of rotatable bonds is 3. The fourth-order valence-electron chi connectivity index (χ4n) is 0.755. The fourth-order valence-corrected chi connectivity index (χ4v) is 0.755. The molecule has 12 heavy (non-hydrogen) atoms. The zero-order chi connectivity index (χ0) is 8.97. The number of anilines is 1. The van der Waals surface area contributed by atoms with Crippen LogP contribution in [0.1, 0.15) is 6.92 Å². The highest BCUT2D eigenvalue weighted by Gasteiger charge is 1.93. The van der Waals surface area contributed by atoms with Gasteiger partial charge in [0, 0.05) is 11.9 Å². The molecular formula is C7H11N5. The van der Waals surface area contributed by atoms with Crippen LogP contribution in [-0.4, -0.2) is 15.9 Å². The summed E-state index contributed by atoms with van der Waals surface area (Å²) in [5.41, 5.74) is 6.72. The first-order chi connectivity index (χ1) is 5.68. The molecule has 1 heterocycles. The van der Waals surface area contributed by atoms with E-state index in [9.17, 15) is 0 Å². The summed E-state index contributed by atoms with van der Waals surface area (Å²) >= 11 is 0. The minimum Gasteiger partial charge on any atom is -0.385 e. The normalized spacial score (nSPS) is 11.2. The summed E-state index contributed by atoms with van der Waals surface area (Å²) in [6.07, 6.45) is 4.83. The second-order valence-electron chi connectivity index (χ2n) is 2.39. The molecule has 0 fully saturated rings. The van der Waals surface area contributed by atoms with Crippen LogP contribution in [-0.2, 0) is 0 Å². The van der Waals surface area contributed by atoms with E-state index in [1.807, 2.05) is 0 Å². The molecule has 0 aliphatic rings. The predicted molar refractivity (Wildman–Crippen MR) is 47.9 cm³/mol. The zero-order valence-corrected chi connectivity index (χ0v) is 6.76. The number of hydrogen-bond acceptors (Lipinski definition) is 4. The standard InChI is InChI=1S/C7H11N5/c1-5(8)2-7(9)12-6-3-10-11-4-6/h2-4,8,12H,9H2,1H3,(H,10,11)/b7-2-,8-5?. The molecule has 5 heteroatoms. The van der Waals surface area contributed by atoms with E-state index < -0.39 is 0 Å². The van der Waals surface area contributed by atoms with Gasteiger partial charge in [-0.3, -0.25) is 5.10 Å². The third-order valence-electron chi connectivity index (χ3n) is 1.16. The molecule has 0 aliphatic heterocycles. The third-order valence-corrected chi connectivity index (χ3v) is 1.16. The van der Waals surface area contributed by atoms with Gasteiger partial charge >= 0.3 is 0 Å². The van der Waals surface area contributed by atoms with Gasteiger partial charge in [0.2, 0.25) is 0 Å². The molecule has 1 aromatic heterocycles. The molecule has 1 rings (SSSR count). The molecule has 0 radical (unpaired) electrons. The molecule has 0 saturated heterocycles. The minimum atomic E-state index is 0.406. The largest absolute Gasteiger partial charge is 0.385 e. The number of allylic oxidation sites excluding steroid dienone is 1. The van der Waals surface area contributed by atoms with Gasteiger partial charge in [-0.25, -0.2) is 0 Å². The van der Waals surface area contributed by atoms with Crippen LogP contribution in [0, 0.1) is 5.41 Å². The van der Waals surface area contributed by atoms with Crippen molar-refractivity contribution in [3.63, 3.8) is 0 Å². The summed E-state index contributed by atoms with van der Waals surface area (Å²) < 4.78 is 0. The smallest absolute Gasteiger partial charge is 0.102 e. The van der Waals surface area contributed by atoms with Crippen LogP contribution in [0.4, 0.5) is 5.69 Å². The predicted octanol–water partition coefficient (Wildman–Crippen LogP) is 0.661. The average molecular weight is 165 g/mol. The van der Waals surface area contributed by atoms with E-state index in [0.29, 0.717) is 11.5 Å². The Hall–Kier alpha value is -1.78. The van der Waals surface area contributed by atoms with Crippen LogP contribution in [0.2, 0.25) is 0 Å². The maximum absolute atomic E-state index is 7.13.